The third-order valence-corrected chi connectivity index (χ3v) is 18.5. The topological polar surface area (TPSA) is 394 Å². The van der Waals surface area contributed by atoms with Crippen molar-refractivity contribution in [2.45, 2.75) is 83.1 Å². The molecule has 1 atom stereocenters. The predicted octanol–water partition coefficient (Wildman–Crippen LogP) is -1.09. The number of carbonyl (C=O) groups excluding carboxylic acids is 1. The number of anilines is 12. The number of fused-ring (bicyclic) bond motifs is 6. The highest BCUT2D eigenvalue weighted by molar-refractivity contribution is 7.98. The first-order valence-corrected chi connectivity index (χ1v) is 36.1. The van der Waals surface area contributed by atoms with Crippen LogP contribution in [0.3, 0.4) is 0 Å². The molecule has 0 spiro atoms. The quantitative estimate of drug-likeness (QED) is 0.0936. The lowest BCUT2D eigenvalue weighted by molar-refractivity contribution is -0.121. The Morgan fingerprint density at radius 3 is 0.606 bits per heavy atom. The van der Waals surface area contributed by atoms with E-state index in [-0.39, 0.29) is 64.5 Å². The number of hydrogen-bond acceptors (Lipinski definition) is 31. The van der Waals surface area contributed by atoms with Crippen molar-refractivity contribution in [2.24, 2.45) is 0 Å². The first-order chi connectivity index (χ1) is 47.6. The van der Waals surface area contributed by atoms with Gasteiger partial charge in [0.05, 0.1) is 0 Å². The maximum Gasteiger partial charge on any atom is 0.253 e. The summed E-state index contributed by atoms with van der Waals surface area (Å²) in [5.41, 5.74) is -4.07. The van der Waals surface area contributed by atoms with E-state index in [1.54, 1.807) is 0 Å². The molecule has 0 unspecified atom stereocenters. The Bertz CT molecular complexity index is 4030. The average molecular weight is 1400 g/mol. The Kier molecular flexibility index (Phi) is 31.1. The molecule has 6 aromatic carbocycles. The SMILES string of the molecule is CSCC[C@@H]1Nc2c(c(=O)c2=O)NCCCN(C)CCCNc2c(c(=O)c2=O)NCCCN(C)CCCNc2c(c(=O)c2=O)NCCCN(C)CCCNc2c(c(=O)c2=O)NCCCN(C)CCCNc2c(c(=O)c2=O)NCCCN(C)CCCNc2c(c(=O)c2=O)NCCCNC1=O. The molecule has 31 nitrogen and oxygen atoms in total. The molecule has 0 bridgehead atoms. The number of nitrogens with zero attached hydrogens (tertiary/aromatic N) is 5. The van der Waals surface area contributed by atoms with E-state index in [0.29, 0.717) is 236 Å². The average Bonchev–Trinajstić information content (AvgIpc) is 0.830. The fourth-order valence-electron chi connectivity index (χ4n) is 11.8. The van der Waals surface area contributed by atoms with Crippen LogP contribution in [0.25, 0.3) is 0 Å². The summed E-state index contributed by atoms with van der Waals surface area (Å²) >= 11 is 1.53. The molecule has 1 heterocycles. The molecular formula is C67H102N18O13S. The van der Waals surface area contributed by atoms with Gasteiger partial charge in [-0.3, -0.25) is 62.3 Å². The van der Waals surface area contributed by atoms with Gasteiger partial charge >= 0.3 is 0 Å². The van der Waals surface area contributed by atoms with E-state index >= 15 is 0 Å². The summed E-state index contributed by atoms with van der Waals surface area (Å²) in [7, 11) is 9.81. The van der Waals surface area contributed by atoms with Crippen LogP contribution in [0.5, 0.6) is 0 Å². The molecule has 544 valence electrons. The molecule has 6 aromatic rings. The van der Waals surface area contributed by atoms with Crippen molar-refractivity contribution in [1.29, 1.82) is 0 Å². The fraction of sp³-hybridized carbons (Fsp3) is 0.627. The van der Waals surface area contributed by atoms with Gasteiger partial charge in [-0.15, -0.1) is 0 Å². The summed E-state index contributed by atoms with van der Waals surface area (Å²) < 4.78 is 0. The van der Waals surface area contributed by atoms with E-state index in [0.717, 1.165) is 0 Å². The zero-order valence-corrected chi connectivity index (χ0v) is 59.1. The van der Waals surface area contributed by atoms with Gasteiger partial charge in [-0.1, -0.05) is 0 Å². The molecule has 1 amide bonds. The second-order valence-electron chi connectivity index (χ2n) is 25.8. The van der Waals surface area contributed by atoms with Crippen molar-refractivity contribution in [2.75, 3.05) is 255 Å². The third-order valence-electron chi connectivity index (χ3n) is 17.8. The highest BCUT2D eigenvalue weighted by Crippen LogP contribution is 2.21. The summed E-state index contributed by atoms with van der Waals surface area (Å²) in [6.45, 7) is 12.1. The molecule has 0 saturated heterocycles. The Hall–Kier alpha value is -8.30. The van der Waals surface area contributed by atoms with Crippen LogP contribution in [0.4, 0.5) is 68.2 Å². The van der Waals surface area contributed by atoms with E-state index in [2.05, 4.69) is 93.6 Å². The first kappa shape index (κ1) is 78.0. The number of hydrogen-bond donors (Lipinski definition) is 13. The number of rotatable bonds is 3. The molecule has 1 aliphatic rings. The number of carbonyl (C=O) groups is 1. The van der Waals surface area contributed by atoms with Gasteiger partial charge in [0.2, 0.25) is 5.91 Å². The van der Waals surface area contributed by atoms with E-state index in [4.69, 9.17) is 0 Å². The van der Waals surface area contributed by atoms with Crippen LogP contribution in [-0.2, 0) is 4.79 Å². The molecule has 32 heteroatoms. The summed E-state index contributed by atoms with van der Waals surface area (Å²) in [6.07, 6.45) is 9.57. The maximum absolute atomic E-state index is 13.5. The monoisotopic (exact) mass is 1400 g/mol. The van der Waals surface area contributed by atoms with Crippen LogP contribution in [-0.4, -0.2) is 228 Å². The molecule has 0 aromatic heterocycles. The van der Waals surface area contributed by atoms with E-state index < -0.39 is 71.2 Å². The summed E-state index contributed by atoms with van der Waals surface area (Å²) in [4.78, 5) is 174. The summed E-state index contributed by atoms with van der Waals surface area (Å²) in [6, 6.07) is -0.801. The van der Waals surface area contributed by atoms with Gasteiger partial charge < -0.3 is 93.6 Å². The van der Waals surface area contributed by atoms with Gasteiger partial charge in [0, 0.05) is 78.5 Å². The third kappa shape index (κ3) is 21.8. The van der Waals surface area contributed by atoms with Gasteiger partial charge in [-0.25, -0.2) is 0 Å². The van der Waals surface area contributed by atoms with Crippen LogP contribution in [0.2, 0.25) is 0 Å². The molecule has 13 N–H and O–H groups in total. The Balaban J connectivity index is 0.852. The lowest BCUT2D eigenvalue weighted by Gasteiger charge is -2.22. The highest BCUT2D eigenvalue weighted by atomic mass is 32.2. The first-order valence-electron chi connectivity index (χ1n) is 34.7. The van der Waals surface area contributed by atoms with Gasteiger partial charge in [0.1, 0.15) is 74.3 Å². The smallest absolute Gasteiger partial charge is 0.253 e. The van der Waals surface area contributed by atoms with Crippen LogP contribution in [0.1, 0.15) is 77.0 Å². The lowest BCUT2D eigenvalue weighted by Crippen LogP contribution is -2.45. The minimum absolute atomic E-state index is 0.0666. The molecular weight excluding hydrogens is 1300 g/mol. The van der Waals surface area contributed by atoms with Gasteiger partial charge in [-0.05, 0) is 190 Å². The molecule has 0 radical (unpaired) electrons. The normalized spacial score (nSPS) is 19.5. The van der Waals surface area contributed by atoms with Crippen molar-refractivity contribution in [3.8, 4) is 0 Å². The second kappa shape index (κ2) is 39.5. The maximum atomic E-state index is 13.5. The van der Waals surface area contributed by atoms with Gasteiger partial charge in [0.15, 0.2) is 0 Å². The molecule has 0 saturated carbocycles. The number of thioether (sulfide) groups is 1. The van der Waals surface area contributed by atoms with Crippen molar-refractivity contribution in [3.05, 3.63) is 123 Å². The number of amides is 1. The second-order valence-corrected chi connectivity index (χ2v) is 26.8. The summed E-state index contributed by atoms with van der Waals surface area (Å²) in [5, 5.41) is 40.1. The summed E-state index contributed by atoms with van der Waals surface area (Å²) in [5.74, 6) is 0.243. The molecule has 0 fully saturated rings. The largest absolute Gasteiger partial charge is 0.380 e. The minimum atomic E-state index is -0.801. The predicted molar refractivity (Wildman–Crippen MR) is 403 cm³/mol. The van der Waals surface area contributed by atoms with Crippen molar-refractivity contribution in [3.63, 3.8) is 0 Å². The molecule has 7 rings (SSSR count). The minimum Gasteiger partial charge on any atom is -0.380 e. The highest BCUT2D eigenvalue weighted by Gasteiger charge is 2.28. The molecule has 99 heavy (non-hydrogen) atoms. The van der Waals surface area contributed by atoms with E-state index in [1.165, 1.54) is 11.8 Å². The molecule has 0 aliphatic carbocycles. The standard InChI is InChI=1S/C67H102N18O13S/c1-81-31-8-21-69-44-43(55(86)56(44)87)68-19-7-20-79-67(98)42(18-41-99-6)80-54-53(65(96)66(54)97)78-30-17-40-85(5)39-16-29-77-52-51(63(94)64(52)95)76-28-15-38-84(4)37-14-27-75-50-49(61(92)62(50)93)74-26-13-36-83(3)35-12-25-73-48-47(59(90)60(48)91)72-24-11-34-82(2)33-10-23-71-46-45(57(88)58(46)89)70-22-9-32-81/h42,68-78,80H,7-41H2,1-6H3,(H,79,98)/t42-/m0/s1. The van der Waals surface area contributed by atoms with E-state index in [9.17, 15) is 62.3 Å². The van der Waals surface area contributed by atoms with Crippen LogP contribution < -0.4 is 134 Å². The Labute approximate surface area is 578 Å². The van der Waals surface area contributed by atoms with Gasteiger partial charge in [0.25, 0.3) is 65.1 Å². The van der Waals surface area contributed by atoms with Crippen LogP contribution in [0.15, 0.2) is 57.5 Å². The van der Waals surface area contributed by atoms with Crippen molar-refractivity contribution < 1.29 is 4.79 Å². The Morgan fingerprint density at radius 1 is 0.253 bits per heavy atom. The number of nitrogens with one attached hydrogen (secondary N) is 13. The fourth-order valence-corrected chi connectivity index (χ4v) is 12.3. The molecule has 1 aliphatic heterocycles. The zero-order valence-electron chi connectivity index (χ0n) is 58.3. The Morgan fingerprint density at radius 2 is 0.414 bits per heavy atom. The lowest BCUT2D eigenvalue weighted by atomic mass is 10.1. The van der Waals surface area contributed by atoms with Crippen LogP contribution in [0, 0.1) is 0 Å². The zero-order chi connectivity index (χ0) is 71.5. The van der Waals surface area contributed by atoms with Gasteiger partial charge in [-0.2, -0.15) is 11.8 Å². The van der Waals surface area contributed by atoms with Crippen molar-refractivity contribution >= 4 is 85.9 Å². The van der Waals surface area contributed by atoms with Crippen LogP contribution >= 0.6 is 11.8 Å². The van der Waals surface area contributed by atoms with E-state index in [1.807, 2.05) is 41.5 Å². The van der Waals surface area contributed by atoms with Crippen molar-refractivity contribution in [1.82, 2.24) is 29.8 Å².